The van der Waals surface area contributed by atoms with Crippen LogP contribution in [0.2, 0.25) is 0 Å². The van der Waals surface area contributed by atoms with Crippen LogP contribution in [-0.4, -0.2) is 78.0 Å². The van der Waals surface area contributed by atoms with E-state index in [0.29, 0.717) is 37.4 Å². The third kappa shape index (κ3) is 5.38. The van der Waals surface area contributed by atoms with Crippen LogP contribution in [-0.2, 0) is 25.8 Å². The van der Waals surface area contributed by atoms with E-state index < -0.39 is 27.5 Å². The van der Waals surface area contributed by atoms with Crippen LogP contribution in [0.1, 0.15) is 32.4 Å². The van der Waals surface area contributed by atoms with Crippen molar-refractivity contribution in [2.75, 3.05) is 32.6 Å². The Morgan fingerprint density at radius 3 is 2.46 bits per heavy atom. The number of rotatable bonds is 7. The number of aromatic nitrogens is 3. The summed E-state index contributed by atoms with van der Waals surface area (Å²) in [6.45, 7) is 2.22. The third-order valence-corrected chi connectivity index (χ3v) is 8.34. The number of aliphatic carboxylic acids is 1. The Bertz CT molecular complexity index is 1570. The average Bonchev–Trinajstić information content (AvgIpc) is 3.49. The Morgan fingerprint density at radius 1 is 1.08 bits per heavy atom. The fourth-order valence-electron chi connectivity index (χ4n) is 4.03. The fourth-order valence-corrected chi connectivity index (χ4v) is 6.56. The maximum absolute atomic E-state index is 12.7. The van der Waals surface area contributed by atoms with Crippen molar-refractivity contribution in [1.29, 1.82) is 0 Å². The van der Waals surface area contributed by atoms with E-state index in [1.165, 1.54) is 11.3 Å². The maximum atomic E-state index is 12.7. The molecule has 0 spiro atoms. The Balaban J connectivity index is 1.42. The summed E-state index contributed by atoms with van der Waals surface area (Å²) in [4.78, 5) is 29.9. The third-order valence-electron chi connectivity index (χ3n) is 5.83. The van der Waals surface area contributed by atoms with E-state index in [9.17, 15) is 18.0 Å². The SMILES string of the molecule is CS(=O)(=O)C(c1nnc(CC(=O)O)o1)c1nc2ccc(-c3ccc(C(=O)N4CCOCC4)cc3)cc2s1. The number of fused-ring (bicyclic) bond motifs is 1. The first-order valence-corrected chi connectivity index (χ1v) is 14.1. The van der Waals surface area contributed by atoms with Gasteiger partial charge in [0.25, 0.3) is 5.91 Å². The van der Waals surface area contributed by atoms with Crippen molar-refractivity contribution in [2.45, 2.75) is 11.7 Å². The zero-order valence-corrected chi connectivity index (χ0v) is 21.3. The highest BCUT2D eigenvalue weighted by Crippen LogP contribution is 2.36. The molecule has 1 saturated heterocycles. The molecule has 1 amide bonds. The molecule has 13 heteroatoms. The number of ether oxygens (including phenoxy) is 1. The zero-order chi connectivity index (χ0) is 26.2. The molecule has 4 aromatic rings. The molecule has 0 radical (unpaired) electrons. The van der Waals surface area contributed by atoms with Gasteiger partial charge in [-0.2, -0.15) is 0 Å². The second kappa shape index (κ2) is 10.00. The Labute approximate surface area is 215 Å². The quantitative estimate of drug-likeness (QED) is 0.369. The predicted molar refractivity (Wildman–Crippen MR) is 134 cm³/mol. The molecule has 2 aromatic heterocycles. The number of carboxylic acid groups (broad SMARTS) is 1. The van der Waals surface area contributed by atoms with E-state index in [1.54, 1.807) is 23.1 Å². The van der Waals surface area contributed by atoms with Crippen LogP contribution in [0.3, 0.4) is 0 Å². The fraction of sp³-hybridized carbons (Fsp3) is 0.292. The Kier molecular flexibility index (Phi) is 6.75. The van der Waals surface area contributed by atoms with Gasteiger partial charge in [-0.1, -0.05) is 18.2 Å². The van der Waals surface area contributed by atoms with Gasteiger partial charge in [-0.25, -0.2) is 13.4 Å². The summed E-state index contributed by atoms with van der Waals surface area (Å²) < 4.78 is 36.6. The normalized spacial score (nSPS) is 15.1. The lowest BCUT2D eigenvalue weighted by Gasteiger charge is -2.26. The summed E-state index contributed by atoms with van der Waals surface area (Å²) in [6, 6.07) is 12.9. The highest BCUT2D eigenvalue weighted by Gasteiger charge is 2.34. The monoisotopic (exact) mass is 542 g/mol. The molecule has 3 heterocycles. The van der Waals surface area contributed by atoms with Crippen molar-refractivity contribution in [3.8, 4) is 11.1 Å². The van der Waals surface area contributed by atoms with Crippen LogP contribution in [0.25, 0.3) is 21.3 Å². The maximum Gasteiger partial charge on any atom is 0.312 e. The number of carbonyl (C=O) groups is 2. The standard InChI is InChI=1S/C24H22N4O7S2/c1-37(32,33)21(22-27-26-19(35-22)13-20(29)30)23-25-17-7-6-16(12-18(17)36-23)14-2-4-15(5-3-14)24(31)28-8-10-34-11-9-28/h2-7,12,21H,8-11,13H2,1H3,(H,29,30). The molecular formula is C24H22N4O7S2. The van der Waals surface area contributed by atoms with Crippen molar-refractivity contribution < 1.29 is 32.3 Å². The van der Waals surface area contributed by atoms with Crippen molar-refractivity contribution in [3.05, 3.63) is 64.8 Å². The number of carbonyl (C=O) groups excluding carboxylic acids is 1. The van der Waals surface area contributed by atoms with Gasteiger partial charge in [0.2, 0.25) is 11.8 Å². The molecule has 192 valence electrons. The van der Waals surface area contributed by atoms with Gasteiger partial charge in [0, 0.05) is 24.9 Å². The van der Waals surface area contributed by atoms with E-state index in [1.807, 2.05) is 24.3 Å². The zero-order valence-electron chi connectivity index (χ0n) is 19.7. The van der Waals surface area contributed by atoms with Gasteiger partial charge < -0.3 is 19.2 Å². The molecule has 1 N–H and O–H groups in total. The van der Waals surface area contributed by atoms with E-state index in [4.69, 9.17) is 14.3 Å². The number of nitrogens with zero attached hydrogens (tertiary/aromatic N) is 4. The summed E-state index contributed by atoms with van der Waals surface area (Å²) in [7, 11) is -3.76. The lowest BCUT2D eigenvalue weighted by molar-refractivity contribution is -0.136. The molecular weight excluding hydrogens is 520 g/mol. The summed E-state index contributed by atoms with van der Waals surface area (Å²) >= 11 is 1.18. The number of benzene rings is 2. The van der Waals surface area contributed by atoms with Crippen LogP contribution in [0.5, 0.6) is 0 Å². The minimum Gasteiger partial charge on any atom is -0.481 e. The summed E-state index contributed by atoms with van der Waals surface area (Å²) in [6.07, 6.45) is 0.527. The van der Waals surface area contributed by atoms with Crippen LogP contribution >= 0.6 is 11.3 Å². The molecule has 2 aromatic carbocycles. The highest BCUT2D eigenvalue weighted by molar-refractivity contribution is 7.91. The topological polar surface area (TPSA) is 153 Å². The van der Waals surface area contributed by atoms with Crippen molar-refractivity contribution >= 4 is 43.3 Å². The van der Waals surface area contributed by atoms with Crippen LogP contribution < -0.4 is 0 Å². The number of carboxylic acids is 1. The van der Waals surface area contributed by atoms with Gasteiger partial charge in [-0.3, -0.25) is 9.59 Å². The summed E-state index contributed by atoms with van der Waals surface area (Å²) in [5.41, 5.74) is 2.97. The lowest BCUT2D eigenvalue weighted by Crippen LogP contribution is -2.40. The van der Waals surface area contributed by atoms with E-state index >= 15 is 0 Å². The largest absolute Gasteiger partial charge is 0.481 e. The number of sulfone groups is 1. The van der Waals surface area contributed by atoms with Crippen LogP contribution in [0, 0.1) is 0 Å². The second-order valence-corrected chi connectivity index (χ2v) is 11.7. The molecule has 0 aliphatic carbocycles. The number of hydrogen-bond donors (Lipinski definition) is 1. The minimum atomic E-state index is -3.76. The summed E-state index contributed by atoms with van der Waals surface area (Å²) in [5.74, 6) is -1.61. The molecule has 1 aliphatic heterocycles. The highest BCUT2D eigenvalue weighted by atomic mass is 32.2. The van der Waals surface area contributed by atoms with Gasteiger partial charge in [0.15, 0.2) is 15.1 Å². The molecule has 0 bridgehead atoms. The predicted octanol–water partition coefficient (Wildman–Crippen LogP) is 2.58. The number of amides is 1. The first-order valence-electron chi connectivity index (χ1n) is 11.3. The Hall–Kier alpha value is -3.68. The first-order chi connectivity index (χ1) is 17.7. The van der Waals surface area contributed by atoms with Gasteiger partial charge in [-0.15, -0.1) is 21.5 Å². The molecule has 1 aliphatic rings. The Morgan fingerprint density at radius 2 is 1.78 bits per heavy atom. The van der Waals surface area contributed by atoms with Crippen LogP contribution in [0.15, 0.2) is 46.9 Å². The van der Waals surface area contributed by atoms with Crippen molar-refractivity contribution in [3.63, 3.8) is 0 Å². The van der Waals surface area contributed by atoms with Gasteiger partial charge in [0.1, 0.15) is 11.4 Å². The molecule has 1 atom stereocenters. The minimum absolute atomic E-state index is 0.0308. The summed E-state index contributed by atoms with van der Waals surface area (Å²) in [5, 5.41) is 15.3. The van der Waals surface area contributed by atoms with E-state index in [-0.39, 0.29) is 22.7 Å². The number of hydrogen-bond acceptors (Lipinski definition) is 10. The van der Waals surface area contributed by atoms with Crippen LogP contribution in [0.4, 0.5) is 0 Å². The number of thiazole rings is 1. The molecule has 5 rings (SSSR count). The van der Waals surface area contributed by atoms with Crippen molar-refractivity contribution in [2.24, 2.45) is 0 Å². The lowest BCUT2D eigenvalue weighted by atomic mass is 10.0. The molecule has 0 saturated carbocycles. The smallest absolute Gasteiger partial charge is 0.312 e. The molecule has 11 nitrogen and oxygen atoms in total. The van der Waals surface area contributed by atoms with E-state index in [2.05, 4.69) is 15.2 Å². The van der Waals surface area contributed by atoms with Gasteiger partial charge >= 0.3 is 5.97 Å². The average molecular weight is 543 g/mol. The van der Waals surface area contributed by atoms with Crippen molar-refractivity contribution in [1.82, 2.24) is 20.1 Å². The first kappa shape index (κ1) is 25.0. The molecule has 37 heavy (non-hydrogen) atoms. The van der Waals surface area contributed by atoms with Gasteiger partial charge in [-0.05, 0) is 35.4 Å². The van der Waals surface area contributed by atoms with E-state index in [0.717, 1.165) is 22.1 Å². The van der Waals surface area contributed by atoms with Gasteiger partial charge in [0.05, 0.1) is 23.4 Å². The second-order valence-electron chi connectivity index (χ2n) is 8.53. The molecule has 1 unspecified atom stereocenters. The number of morpholine rings is 1. The molecule has 1 fully saturated rings.